The van der Waals surface area contributed by atoms with E-state index in [0.29, 0.717) is 4.34 Å². The SMILES string of the molecule is COc1ccc(CSc2nnc(SCC(=O)NNC(C)=O)s2)cc1. The van der Waals surface area contributed by atoms with Crippen LogP contribution in [-0.2, 0) is 15.3 Å². The van der Waals surface area contributed by atoms with Gasteiger partial charge in [0, 0.05) is 12.7 Å². The van der Waals surface area contributed by atoms with Crippen molar-refractivity contribution in [3.63, 3.8) is 0 Å². The summed E-state index contributed by atoms with van der Waals surface area (Å²) in [5.41, 5.74) is 5.70. The summed E-state index contributed by atoms with van der Waals surface area (Å²) in [4.78, 5) is 22.2. The van der Waals surface area contributed by atoms with Crippen molar-refractivity contribution in [2.24, 2.45) is 0 Å². The fourth-order valence-electron chi connectivity index (χ4n) is 1.50. The summed E-state index contributed by atoms with van der Waals surface area (Å²) < 4.78 is 6.68. The predicted octanol–water partition coefficient (Wildman–Crippen LogP) is 2.10. The van der Waals surface area contributed by atoms with Crippen LogP contribution in [0.15, 0.2) is 32.9 Å². The van der Waals surface area contributed by atoms with Crippen molar-refractivity contribution in [1.29, 1.82) is 0 Å². The molecule has 1 aromatic heterocycles. The van der Waals surface area contributed by atoms with Crippen molar-refractivity contribution in [1.82, 2.24) is 21.0 Å². The normalized spacial score (nSPS) is 10.2. The number of rotatable bonds is 7. The number of methoxy groups -OCH3 is 1. The molecule has 2 aromatic rings. The number of ether oxygens (including phenoxy) is 1. The number of nitrogens with zero attached hydrogens (tertiary/aromatic N) is 2. The molecule has 1 aromatic carbocycles. The third-order valence-electron chi connectivity index (χ3n) is 2.61. The Hall–Kier alpha value is -1.78. The van der Waals surface area contributed by atoms with Crippen LogP contribution in [0, 0.1) is 0 Å². The molecule has 0 unspecified atom stereocenters. The van der Waals surface area contributed by atoms with Crippen LogP contribution in [0.3, 0.4) is 0 Å². The standard InChI is InChI=1S/C14H16N4O3S3/c1-9(19)15-16-12(20)8-23-14-18-17-13(24-14)22-7-10-3-5-11(21-2)6-4-10/h3-6H,7-8H2,1-2H3,(H,15,19)(H,16,20). The lowest BCUT2D eigenvalue weighted by molar-refractivity contribution is -0.126. The number of hydrazine groups is 1. The lowest BCUT2D eigenvalue weighted by Gasteiger charge is -2.02. The van der Waals surface area contributed by atoms with Gasteiger partial charge in [-0.05, 0) is 17.7 Å². The van der Waals surface area contributed by atoms with Crippen molar-refractivity contribution in [2.45, 2.75) is 21.4 Å². The Labute approximate surface area is 151 Å². The van der Waals surface area contributed by atoms with E-state index in [1.54, 1.807) is 18.9 Å². The van der Waals surface area contributed by atoms with Gasteiger partial charge in [0.15, 0.2) is 8.68 Å². The zero-order valence-corrected chi connectivity index (χ0v) is 15.5. The Kier molecular flexibility index (Phi) is 7.35. The minimum Gasteiger partial charge on any atom is -0.497 e. The summed E-state index contributed by atoms with van der Waals surface area (Å²) in [5, 5.41) is 8.15. The lowest BCUT2D eigenvalue weighted by Crippen LogP contribution is -2.41. The third kappa shape index (κ3) is 6.38. The van der Waals surface area contributed by atoms with E-state index in [1.165, 1.54) is 35.6 Å². The number of carbonyl (C=O) groups is 2. The van der Waals surface area contributed by atoms with Gasteiger partial charge in [-0.3, -0.25) is 20.4 Å². The monoisotopic (exact) mass is 384 g/mol. The number of benzene rings is 1. The molecule has 0 aliphatic rings. The van der Waals surface area contributed by atoms with E-state index < -0.39 is 0 Å². The average Bonchev–Trinajstić information content (AvgIpc) is 3.04. The summed E-state index contributed by atoms with van der Waals surface area (Å²) in [6, 6.07) is 7.86. The van der Waals surface area contributed by atoms with Gasteiger partial charge in [-0.25, -0.2) is 0 Å². The minimum absolute atomic E-state index is 0.165. The summed E-state index contributed by atoms with van der Waals surface area (Å²) in [6.45, 7) is 1.32. The molecular weight excluding hydrogens is 368 g/mol. The zero-order chi connectivity index (χ0) is 17.4. The van der Waals surface area contributed by atoms with E-state index in [0.717, 1.165) is 15.8 Å². The van der Waals surface area contributed by atoms with Crippen LogP contribution in [0.4, 0.5) is 0 Å². The Morgan fingerprint density at radius 3 is 2.42 bits per heavy atom. The highest BCUT2D eigenvalue weighted by molar-refractivity contribution is 8.03. The molecule has 0 fully saturated rings. The van der Waals surface area contributed by atoms with Crippen LogP contribution in [0.25, 0.3) is 0 Å². The van der Waals surface area contributed by atoms with Gasteiger partial charge in [-0.15, -0.1) is 10.2 Å². The molecule has 10 heteroatoms. The fourth-order valence-corrected chi connectivity index (χ4v) is 4.28. The van der Waals surface area contributed by atoms with E-state index >= 15 is 0 Å². The lowest BCUT2D eigenvalue weighted by atomic mass is 10.2. The molecule has 7 nitrogen and oxygen atoms in total. The van der Waals surface area contributed by atoms with Gasteiger partial charge < -0.3 is 4.74 Å². The molecule has 0 spiro atoms. The van der Waals surface area contributed by atoms with Crippen LogP contribution < -0.4 is 15.6 Å². The van der Waals surface area contributed by atoms with Crippen molar-refractivity contribution in [2.75, 3.05) is 12.9 Å². The van der Waals surface area contributed by atoms with Crippen LogP contribution in [-0.4, -0.2) is 34.9 Å². The number of carbonyl (C=O) groups excluding carboxylic acids is 2. The molecule has 0 saturated carbocycles. The molecule has 0 aliphatic carbocycles. The van der Waals surface area contributed by atoms with Crippen molar-refractivity contribution in [3.05, 3.63) is 29.8 Å². The number of amides is 2. The molecule has 24 heavy (non-hydrogen) atoms. The molecule has 128 valence electrons. The third-order valence-corrected chi connectivity index (χ3v) is 5.88. The van der Waals surface area contributed by atoms with Crippen LogP contribution in [0.1, 0.15) is 12.5 Å². The number of aromatic nitrogens is 2. The first-order valence-electron chi connectivity index (χ1n) is 6.84. The molecule has 2 N–H and O–H groups in total. The maximum atomic E-state index is 11.5. The quantitative estimate of drug-likeness (QED) is 0.558. The highest BCUT2D eigenvalue weighted by Crippen LogP contribution is 2.30. The summed E-state index contributed by atoms with van der Waals surface area (Å²) in [5.74, 6) is 1.17. The van der Waals surface area contributed by atoms with Crippen molar-refractivity contribution in [3.8, 4) is 5.75 Å². The summed E-state index contributed by atoms with van der Waals surface area (Å²) in [6.07, 6.45) is 0. The smallest absolute Gasteiger partial charge is 0.248 e. The average molecular weight is 385 g/mol. The van der Waals surface area contributed by atoms with Crippen LogP contribution >= 0.6 is 34.9 Å². The maximum Gasteiger partial charge on any atom is 0.248 e. The molecule has 2 rings (SSSR count). The number of nitrogens with one attached hydrogen (secondary N) is 2. The molecule has 0 atom stereocenters. The fraction of sp³-hybridized carbons (Fsp3) is 0.286. The van der Waals surface area contributed by atoms with Gasteiger partial charge in [-0.1, -0.05) is 47.0 Å². The predicted molar refractivity (Wildman–Crippen MR) is 95.1 cm³/mol. The molecule has 1 heterocycles. The second-order valence-corrected chi connectivity index (χ2v) is 7.91. The van der Waals surface area contributed by atoms with Crippen LogP contribution in [0.2, 0.25) is 0 Å². The van der Waals surface area contributed by atoms with Crippen LogP contribution in [0.5, 0.6) is 5.75 Å². The number of hydrogen-bond donors (Lipinski definition) is 2. The maximum absolute atomic E-state index is 11.5. The molecule has 0 bridgehead atoms. The van der Waals surface area contributed by atoms with Gasteiger partial charge in [0.1, 0.15) is 5.75 Å². The van der Waals surface area contributed by atoms with E-state index in [4.69, 9.17) is 4.74 Å². The van der Waals surface area contributed by atoms with Gasteiger partial charge in [0.25, 0.3) is 0 Å². The molecule has 2 amide bonds. The molecule has 0 saturated heterocycles. The van der Waals surface area contributed by atoms with Gasteiger partial charge >= 0.3 is 0 Å². The van der Waals surface area contributed by atoms with Crippen molar-refractivity contribution >= 4 is 46.7 Å². The van der Waals surface area contributed by atoms with E-state index in [9.17, 15) is 9.59 Å². The van der Waals surface area contributed by atoms with E-state index in [2.05, 4.69) is 21.0 Å². The zero-order valence-electron chi connectivity index (χ0n) is 13.1. The minimum atomic E-state index is -0.318. The number of hydrogen-bond acceptors (Lipinski definition) is 8. The largest absolute Gasteiger partial charge is 0.497 e. The van der Waals surface area contributed by atoms with Crippen molar-refractivity contribution < 1.29 is 14.3 Å². The second-order valence-electron chi connectivity index (χ2n) is 4.49. The summed E-state index contributed by atoms with van der Waals surface area (Å²) in [7, 11) is 1.64. The number of thioether (sulfide) groups is 2. The first-order valence-corrected chi connectivity index (χ1v) is 9.63. The Balaban J connectivity index is 1.76. The molecule has 0 radical (unpaired) electrons. The first-order chi connectivity index (χ1) is 11.6. The highest BCUT2D eigenvalue weighted by atomic mass is 32.2. The highest BCUT2D eigenvalue weighted by Gasteiger charge is 2.09. The Morgan fingerprint density at radius 2 is 1.79 bits per heavy atom. The Morgan fingerprint density at radius 1 is 1.12 bits per heavy atom. The molecule has 0 aliphatic heterocycles. The van der Waals surface area contributed by atoms with E-state index in [-0.39, 0.29) is 17.6 Å². The summed E-state index contributed by atoms with van der Waals surface area (Å²) >= 11 is 4.31. The van der Waals surface area contributed by atoms with Gasteiger partial charge in [-0.2, -0.15) is 0 Å². The first kappa shape index (κ1) is 18.6. The van der Waals surface area contributed by atoms with Gasteiger partial charge in [0.2, 0.25) is 11.8 Å². The molecular formula is C14H16N4O3S3. The second kappa shape index (κ2) is 9.50. The van der Waals surface area contributed by atoms with Gasteiger partial charge in [0.05, 0.1) is 12.9 Å². The van der Waals surface area contributed by atoms with E-state index in [1.807, 2.05) is 24.3 Å². The Bertz CT molecular complexity index is 691. The topological polar surface area (TPSA) is 93.2 Å².